The number of rotatable bonds is 7. The molecule has 1 N–H and O–H groups in total. The molecule has 0 aromatic heterocycles. The van der Waals surface area contributed by atoms with Crippen molar-refractivity contribution in [1.82, 2.24) is 20.0 Å². The lowest BCUT2D eigenvalue weighted by molar-refractivity contribution is -0.131. The van der Waals surface area contributed by atoms with E-state index >= 15 is 0 Å². The minimum absolute atomic E-state index is 0.284. The molecule has 1 aliphatic carbocycles. The lowest BCUT2D eigenvalue weighted by atomic mass is 10.2. The molecule has 164 valence electrons. The quantitative estimate of drug-likeness (QED) is 0.546. The Hall–Kier alpha value is -2.28. The average molecular weight is 414 g/mol. The van der Waals surface area contributed by atoms with E-state index in [0.29, 0.717) is 13.1 Å². The van der Waals surface area contributed by atoms with Crippen LogP contribution in [0, 0.1) is 5.92 Å². The Labute approximate surface area is 180 Å². The molecule has 3 aliphatic rings. The summed E-state index contributed by atoms with van der Waals surface area (Å²) in [5.74, 6) is 2.91. The second-order valence-electron chi connectivity index (χ2n) is 8.61. The summed E-state index contributed by atoms with van der Waals surface area (Å²) in [7, 11) is 1.83. The van der Waals surface area contributed by atoms with Crippen LogP contribution in [-0.4, -0.2) is 86.0 Å². The van der Waals surface area contributed by atoms with Gasteiger partial charge in [-0.25, -0.2) is 0 Å². The highest BCUT2D eigenvalue weighted by Gasteiger charge is 2.25. The number of likely N-dealkylation sites (tertiary alicyclic amines) is 1. The summed E-state index contributed by atoms with van der Waals surface area (Å²) in [5.41, 5.74) is 1.16. The van der Waals surface area contributed by atoms with Crippen molar-refractivity contribution in [3.05, 3.63) is 29.8 Å². The van der Waals surface area contributed by atoms with Gasteiger partial charge in [0.15, 0.2) is 5.96 Å². The van der Waals surface area contributed by atoms with E-state index in [-0.39, 0.29) is 5.91 Å². The van der Waals surface area contributed by atoms with Crippen molar-refractivity contribution in [3.8, 4) is 5.75 Å². The Bertz CT molecular complexity index is 735. The van der Waals surface area contributed by atoms with Gasteiger partial charge in [-0.05, 0) is 37.7 Å². The summed E-state index contributed by atoms with van der Waals surface area (Å²) < 4.78 is 6.03. The summed E-state index contributed by atoms with van der Waals surface area (Å²) in [4.78, 5) is 23.4. The Morgan fingerprint density at radius 2 is 1.80 bits per heavy atom. The van der Waals surface area contributed by atoms with Gasteiger partial charge in [-0.3, -0.25) is 14.7 Å². The number of amides is 1. The molecule has 0 atom stereocenters. The molecule has 0 radical (unpaired) electrons. The van der Waals surface area contributed by atoms with Crippen LogP contribution in [0.25, 0.3) is 0 Å². The Morgan fingerprint density at radius 3 is 2.50 bits per heavy atom. The zero-order chi connectivity index (χ0) is 20.8. The van der Waals surface area contributed by atoms with E-state index in [2.05, 4.69) is 38.3 Å². The second kappa shape index (κ2) is 10.2. The molecule has 0 spiro atoms. The number of hydrogen-bond donors (Lipinski definition) is 1. The maximum Gasteiger partial charge on any atom is 0.236 e. The Balaban J connectivity index is 1.23. The molecule has 2 saturated heterocycles. The summed E-state index contributed by atoms with van der Waals surface area (Å²) in [6.45, 7) is 7.47. The number of carbonyl (C=O) groups is 1. The molecule has 1 aromatic carbocycles. The Kier molecular flexibility index (Phi) is 7.10. The number of ether oxygens (including phenoxy) is 1. The van der Waals surface area contributed by atoms with Gasteiger partial charge in [0.05, 0.1) is 13.2 Å². The first-order valence-corrected chi connectivity index (χ1v) is 11.4. The SMILES string of the molecule is CN=C(NCc1ccccc1OCC1CC1)N1CCN(CC(=O)N2CCCC2)CC1. The largest absolute Gasteiger partial charge is 0.493 e. The van der Waals surface area contributed by atoms with Gasteiger partial charge in [0.1, 0.15) is 5.75 Å². The standard InChI is InChI=1S/C23H35N5O2/c1-24-23(25-16-20-6-2-3-7-21(20)30-18-19-8-9-19)28-14-12-26(13-15-28)17-22(29)27-10-4-5-11-27/h2-3,6-7,19H,4-5,8-18H2,1H3,(H,24,25). The fraction of sp³-hybridized carbons (Fsp3) is 0.652. The Morgan fingerprint density at radius 1 is 1.07 bits per heavy atom. The predicted molar refractivity (Wildman–Crippen MR) is 119 cm³/mol. The van der Waals surface area contributed by atoms with Crippen molar-refractivity contribution in [2.45, 2.75) is 32.2 Å². The molecule has 2 aliphatic heterocycles. The average Bonchev–Trinajstić information content (AvgIpc) is 3.44. The number of benzene rings is 1. The molecule has 2 heterocycles. The maximum atomic E-state index is 12.4. The topological polar surface area (TPSA) is 60.4 Å². The van der Waals surface area contributed by atoms with E-state index in [1.54, 1.807) is 0 Å². The molecule has 7 heteroatoms. The van der Waals surface area contributed by atoms with Gasteiger partial charge in [-0.15, -0.1) is 0 Å². The monoisotopic (exact) mass is 413 g/mol. The first kappa shape index (κ1) is 21.0. The molecular formula is C23H35N5O2. The van der Waals surface area contributed by atoms with Gasteiger partial charge in [0.2, 0.25) is 5.91 Å². The number of piperazine rings is 1. The summed E-state index contributed by atoms with van der Waals surface area (Å²) in [6.07, 6.45) is 4.89. The highest BCUT2D eigenvalue weighted by Crippen LogP contribution is 2.30. The van der Waals surface area contributed by atoms with Crippen LogP contribution in [0.3, 0.4) is 0 Å². The summed E-state index contributed by atoms with van der Waals surface area (Å²) in [6, 6.07) is 8.26. The van der Waals surface area contributed by atoms with E-state index in [4.69, 9.17) is 4.74 Å². The second-order valence-corrected chi connectivity index (χ2v) is 8.61. The lowest BCUT2D eigenvalue weighted by Gasteiger charge is -2.36. The molecule has 0 bridgehead atoms. The molecule has 3 fully saturated rings. The smallest absolute Gasteiger partial charge is 0.236 e. The van der Waals surface area contributed by atoms with Crippen molar-refractivity contribution < 1.29 is 9.53 Å². The van der Waals surface area contributed by atoms with Crippen molar-refractivity contribution in [2.75, 3.05) is 59.5 Å². The third-order valence-corrected chi connectivity index (χ3v) is 6.28. The maximum absolute atomic E-state index is 12.4. The van der Waals surface area contributed by atoms with Crippen LogP contribution in [0.4, 0.5) is 0 Å². The van der Waals surface area contributed by atoms with Crippen molar-refractivity contribution in [3.63, 3.8) is 0 Å². The fourth-order valence-electron chi connectivity index (χ4n) is 4.17. The van der Waals surface area contributed by atoms with Crippen LogP contribution in [0.2, 0.25) is 0 Å². The minimum atomic E-state index is 0.284. The zero-order valence-electron chi connectivity index (χ0n) is 18.2. The molecular weight excluding hydrogens is 378 g/mol. The number of aliphatic imine (C=N–C) groups is 1. The molecule has 0 unspecified atom stereocenters. The lowest BCUT2D eigenvalue weighted by Crippen LogP contribution is -2.54. The van der Waals surface area contributed by atoms with Crippen LogP contribution >= 0.6 is 0 Å². The molecule has 1 aromatic rings. The first-order valence-electron chi connectivity index (χ1n) is 11.4. The van der Waals surface area contributed by atoms with Gasteiger partial charge in [0, 0.05) is 58.4 Å². The number of carbonyl (C=O) groups excluding carboxylic acids is 1. The highest BCUT2D eigenvalue weighted by atomic mass is 16.5. The van der Waals surface area contributed by atoms with E-state index in [1.165, 1.54) is 12.8 Å². The number of hydrogen-bond acceptors (Lipinski definition) is 4. The number of nitrogens with zero attached hydrogens (tertiary/aromatic N) is 4. The molecule has 4 rings (SSSR count). The van der Waals surface area contributed by atoms with Crippen LogP contribution in [0.5, 0.6) is 5.75 Å². The fourth-order valence-corrected chi connectivity index (χ4v) is 4.17. The predicted octanol–water partition coefficient (Wildman–Crippen LogP) is 1.79. The van der Waals surface area contributed by atoms with Crippen molar-refractivity contribution in [2.24, 2.45) is 10.9 Å². The molecule has 1 amide bonds. The number of nitrogens with one attached hydrogen (secondary N) is 1. The van der Waals surface area contributed by atoms with E-state index in [0.717, 1.165) is 81.9 Å². The third-order valence-electron chi connectivity index (χ3n) is 6.28. The number of guanidine groups is 1. The van der Waals surface area contributed by atoms with Crippen molar-refractivity contribution >= 4 is 11.9 Å². The summed E-state index contributed by atoms with van der Waals surface area (Å²) >= 11 is 0. The van der Waals surface area contributed by atoms with Crippen LogP contribution in [-0.2, 0) is 11.3 Å². The van der Waals surface area contributed by atoms with Gasteiger partial charge < -0.3 is 19.9 Å². The van der Waals surface area contributed by atoms with Crippen molar-refractivity contribution in [1.29, 1.82) is 0 Å². The summed E-state index contributed by atoms with van der Waals surface area (Å²) in [5, 5.41) is 3.50. The van der Waals surface area contributed by atoms with Gasteiger partial charge in [0.25, 0.3) is 0 Å². The highest BCUT2D eigenvalue weighted by molar-refractivity contribution is 5.80. The van der Waals surface area contributed by atoms with E-state index in [1.807, 2.05) is 18.0 Å². The van der Waals surface area contributed by atoms with E-state index in [9.17, 15) is 4.79 Å². The normalized spacial score (nSPS) is 20.5. The van der Waals surface area contributed by atoms with Crippen LogP contribution in [0.15, 0.2) is 29.3 Å². The molecule has 7 nitrogen and oxygen atoms in total. The zero-order valence-corrected chi connectivity index (χ0v) is 18.2. The molecule has 30 heavy (non-hydrogen) atoms. The van der Waals surface area contributed by atoms with Crippen LogP contribution < -0.4 is 10.1 Å². The molecule has 1 saturated carbocycles. The minimum Gasteiger partial charge on any atom is -0.493 e. The number of para-hydroxylation sites is 1. The van der Waals surface area contributed by atoms with Gasteiger partial charge in [-0.2, -0.15) is 0 Å². The van der Waals surface area contributed by atoms with E-state index < -0.39 is 0 Å². The first-order chi connectivity index (χ1) is 14.7. The van der Waals surface area contributed by atoms with Gasteiger partial charge >= 0.3 is 0 Å². The van der Waals surface area contributed by atoms with Gasteiger partial charge in [-0.1, -0.05) is 18.2 Å². The van der Waals surface area contributed by atoms with Crippen LogP contribution in [0.1, 0.15) is 31.2 Å². The third kappa shape index (κ3) is 5.65.